The molecular formula is C58H32N10S. The number of nitrogens with zero attached hydrogens (tertiary/aromatic N) is 10. The lowest BCUT2D eigenvalue weighted by atomic mass is 9.98. The molecule has 0 radical (unpaired) electrons. The second-order valence-corrected chi connectivity index (χ2v) is 18.3. The van der Waals surface area contributed by atoms with E-state index in [0.717, 1.165) is 119 Å². The van der Waals surface area contributed by atoms with Crippen LogP contribution in [-0.4, -0.2) is 43.2 Å². The minimum absolute atomic E-state index is 0.438. The van der Waals surface area contributed by atoms with Crippen LogP contribution in [0.25, 0.3) is 131 Å². The van der Waals surface area contributed by atoms with Crippen molar-refractivity contribution in [2.75, 3.05) is 0 Å². The lowest BCUT2D eigenvalue weighted by Gasteiger charge is -2.28. The number of hydrogen-bond donors (Lipinski definition) is 0. The molecule has 0 spiro atoms. The normalized spacial score (nSPS) is 12.0. The SMILES string of the molecule is N#Cc1c(-n2c3ccccc3c3ccncc32)c(-n2c3ccccc3c3ccncc32)c(-c2nc3ccccc3s2)c(-n2c3ccccc3c3ccncc32)c1-n1c2ccccc2c2ccncc21. The molecule has 0 saturated carbocycles. The predicted molar refractivity (Wildman–Crippen MR) is 278 cm³/mol. The van der Waals surface area contributed by atoms with E-state index in [0.29, 0.717) is 16.9 Å². The van der Waals surface area contributed by atoms with Crippen LogP contribution in [0, 0.1) is 11.3 Å². The van der Waals surface area contributed by atoms with Gasteiger partial charge in [-0.1, -0.05) is 84.9 Å². The third-order valence-electron chi connectivity index (χ3n) is 13.8. The van der Waals surface area contributed by atoms with Crippen LogP contribution in [0.5, 0.6) is 0 Å². The Kier molecular flexibility index (Phi) is 7.78. The molecule has 11 heteroatoms. The third-order valence-corrected chi connectivity index (χ3v) is 14.9. The van der Waals surface area contributed by atoms with Crippen molar-refractivity contribution in [3.63, 3.8) is 0 Å². The summed E-state index contributed by atoms with van der Waals surface area (Å²) in [6.07, 6.45) is 15.1. The summed E-state index contributed by atoms with van der Waals surface area (Å²) in [4.78, 5) is 24.8. The van der Waals surface area contributed by atoms with Gasteiger partial charge in [0.2, 0.25) is 0 Å². The van der Waals surface area contributed by atoms with E-state index in [9.17, 15) is 5.26 Å². The molecule has 320 valence electrons. The van der Waals surface area contributed by atoms with Gasteiger partial charge in [-0.05, 0) is 60.7 Å². The summed E-state index contributed by atoms with van der Waals surface area (Å²) in [6, 6.07) is 53.4. The first-order valence-corrected chi connectivity index (χ1v) is 23.4. The van der Waals surface area contributed by atoms with Crippen LogP contribution in [0.1, 0.15) is 5.56 Å². The Hall–Kier alpha value is -9.50. The van der Waals surface area contributed by atoms with Crippen molar-refractivity contribution in [2.45, 2.75) is 0 Å². The topological polar surface area (TPSA) is 108 Å². The van der Waals surface area contributed by atoms with Gasteiger partial charge in [0, 0.05) is 67.9 Å². The largest absolute Gasteiger partial charge is 0.305 e. The zero-order valence-electron chi connectivity index (χ0n) is 36.4. The second-order valence-electron chi connectivity index (χ2n) is 17.2. The third kappa shape index (κ3) is 5.09. The van der Waals surface area contributed by atoms with Gasteiger partial charge in [-0.25, -0.2) is 4.98 Å². The Bertz CT molecular complexity index is 4210. The van der Waals surface area contributed by atoms with Crippen LogP contribution in [0.4, 0.5) is 0 Å². The number of pyridine rings is 4. The maximum Gasteiger partial charge on any atom is 0.129 e. The molecule has 0 atom stereocenters. The minimum Gasteiger partial charge on any atom is -0.305 e. The Morgan fingerprint density at radius 3 is 1.07 bits per heavy atom. The van der Waals surface area contributed by atoms with Crippen LogP contribution in [0.15, 0.2) is 195 Å². The van der Waals surface area contributed by atoms with Gasteiger partial charge < -0.3 is 18.3 Å². The van der Waals surface area contributed by atoms with Gasteiger partial charge in [0.25, 0.3) is 0 Å². The molecule has 0 saturated heterocycles. The number of hydrogen-bond acceptors (Lipinski definition) is 7. The first kappa shape index (κ1) is 37.7. The average Bonchev–Trinajstić information content (AvgIpc) is 4.22. The molecule has 0 fully saturated rings. The Morgan fingerprint density at radius 2 is 0.696 bits per heavy atom. The number of rotatable bonds is 5. The van der Waals surface area contributed by atoms with E-state index in [4.69, 9.17) is 24.9 Å². The van der Waals surface area contributed by atoms with Gasteiger partial charge in [-0.15, -0.1) is 11.3 Å². The lowest BCUT2D eigenvalue weighted by molar-refractivity contribution is 1.03. The molecule has 6 aromatic carbocycles. The molecular weight excluding hydrogens is 869 g/mol. The highest BCUT2D eigenvalue weighted by Crippen LogP contribution is 2.52. The zero-order chi connectivity index (χ0) is 45.3. The van der Waals surface area contributed by atoms with Crippen molar-refractivity contribution >= 4 is 109 Å². The molecule has 0 amide bonds. The van der Waals surface area contributed by atoms with E-state index >= 15 is 0 Å². The van der Waals surface area contributed by atoms with Crippen molar-refractivity contribution in [1.82, 2.24) is 43.2 Å². The Morgan fingerprint density at radius 1 is 0.362 bits per heavy atom. The fourth-order valence-corrected chi connectivity index (χ4v) is 12.1. The molecule has 9 aromatic heterocycles. The van der Waals surface area contributed by atoms with Crippen molar-refractivity contribution in [3.8, 4) is 39.4 Å². The van der Waals surface area contributed by atoms with E-state index in [2.05, 4.69) is 164 Å². The van der Waals surface area contributed by atoms with Crippen molar-refractivity contribution in [2.24, 2.45) is 0 Å². The number of aromatic nitrogens is 9. The van der Waals surface area contributed by atoms with Crippen LogP contribution >= 0.6 is 11.3 Å². The van der Waals surface area contributed by atoms with E-state index in [1.165, 1.54) is 0 Å². The fourth-order valence-electron chi connectivity index (χ4n) is 11.1. The number of benzene rings is 6. The van der Waals surface area contributed by atoms with Crippen LogP contribution in [0.3, 0.4) is 0 Å². The first-order valence-electron chi connectivity index (χ1n) is 22.6. The van der Waals surface area contributed by atoms with Gasteiger partial charge in [-0.3, -0.25) is 19.9 Å². The van der Waals surface area contributed by atoms with E-state index in [1.54, 1.807) is 11.3 Å². The monoisotopic (exact) mass is 900 g/mol. The van der Waals surface area contributed by atoms with Crippen LogP contribution in [-0.2, 0) is 0 Å². The molecule has 0 aliphatic rings. The lowest BCUT2D eigenvalue weighted by Crippen LogP contribution is -2.16. The van der Waals surface area contributed by atoms with Crippen molar-refractivity contribution < 1.29 is 0 Å². The molecule has 0 unspecified atom stereocenters. The highest BCUT2D eigenvalue weighted by atomic mass is 32.1. The summed E-state index contributed by atoms with van der Waals surface area (Å²) < 4.78 is 10.2. The molecule has 0 aliphatic carbocycles. The standard InChI is InChI=1S/C58H32N10S/c59-29-42-54(65-44-16-6-1-11-34(44)38-21-25-60-30-48(38)65)56(67-46-18-8-3-13-36(46)40-23-27-62-32-50(40)67)53(58-64-43-15-5-10-20-52(43)69-58)57(68-47-19-9-4-14-37(47)41-24-28-63-33-51(41)68)55(42)66-45-17-7-2-12-35(45)39-22-26-61-31-49(39)66/h1-28,30-33H. The maximum atomic E-state index is 12.6. The molecule has 0 N–H and O–H groups in total. The van der Waals surface area contributed by atoms with Crippen molar-refractivity contribution in [3.05, 3.63) is 201 Å². The maximum absolute atomic E-state index is 12.6. The van der Waals surface area contributed by atoms with Crippen LogP contribution in [0.2, 0.25) is 0 Å². The second kappa shape index (κ2) is 14.3. The molecule has 69 heavy (non-hydrogen) atoms. The minimum atomic E-state index is 0.438. The molecule has 15 aromatic rings. The van der Waals surface area contributed by atoms with Gasteiger partial charge in [0.05, 0.1) is 107 Å². The summed E-state index contributed by atoms with van der Waals surface area (Å²) in [5, 5.41) is 21.6. The predicted octanol–water partition coefficient (Wildman–Crippen LogP) is 13.8. The molecule has 10 nitrogen and oxygen atoms in total. The number of para-hydroxylation sites is 5. The van der Waals surface area contributed by atoms with E-state index < -0.39 is 0 Å². The van der Waals surface area contributed by atoms with Crippen LogP contribution < -0.4 is 0 Å². The molecule has 0 aliphatic heterocycles. The highest BCUT2D eigenvalue weighted by Gasteiger charge is 2.36. The zero-order valence-corrected chi connectivity index (χ0v) is 37.2. The van der Waals surface area contributed by atoms with E-state index in [-0.39, 0.29) is 0 Å². The summed E-state index contributed by atoms with van der Waals surface area (Å²) in [6.45, 7) is 0. The summed E-state index contributed by atoms with van der Waals surface area (Å²) in [5.41, 5.74) is 12.2. The van der Waals surface area contributed by atoms with Gasteiger partial charge in [0.15, 0.2) is 0 Å². The van der Waals surface area contributed by atoms with Gasteiger partial charge in [0.1, 0.15) is 16.6 Å². The smallest absolute Gasteiger partial charge is 0.129 e. The number of thiazole rings is 1. The van der Waals surface area contributed by atoms with Gasteiger partial charge in [-0.2, -0.15) is 5.26 Å². The Balaban J connectivity index is 1.32. The summed E-state index contributed by atoms with van der Waals surface area (Å²) in [7, 11) is 0. The fraction of sp³-hybridized carbons (Fsp3) is 0. The molecule has 15 rings (SSSR count). The number of fused-ring (bicyclic) bond motifs is 13. The van der Waals surface area contributed by atoms with Crippen molar-refractivity contribution in [1.29, 1.82) is 5.26 Å². The summed E-state index contributed by atoms with van der Waals surface area (Å²) >= 11 is 1.64. The highest BCUT2D eigenvalue weighted by molar-refractivity contribution is 7.21. The number of nitriles is 1. The summed E-state index contributed by atoms with van der Waals surface area (Å²) in [5.74, 6) is 0. The quantitative estimate of drug-likeness (QED) is 0.170. The Labute approximate surface area is 395 Å². The van der Waals surface area contributed by atoms with Gasteiger partial charge >= 0.3 is 0 Å². The first-order chi connectivity index (χ1) is 34.3. The van der Waals surface area contributed by atoms with E-state index in [1.807, 2.05) is 55.6 Å². The molecule has 9 heterocycles. The average molecular weight is 901 g/mol. The molecule has 0 bridgehead atoms.